The van der Waals surface area contributed by atoms with E-state index in [-0.39, 0.29) is 39.8 Å². The molecule has 0 aromatic heterocycles. The quantitative estimate of drug-likeness (QED) is 0.346. The van der Waals surface area contributed by atoms with Crippen molar-refractivity contribution in [1.29, 1.82) is 0 Å². The van der Waals surface area contributed by atoms with E-state index in [1.54, 1.807) is 13.8 Å². The minimum atomic E-state index is -1.02. The van der Waals surface area contributed by atoms with Crippen LogP contribution >= 0.6 is 0 Å². The molecule has 0 aromatic rings. The van der Waals surface area contributed by atoms with Crippen molar-refractivity contribution >= 4 is 11.8 Å². The van der Waals surface area contributed by atoms with Crippen molar-refractivity contribution < 1.29 is 19.8 Å². The first kappa shape index (κ1) is 29.3. The lowest BCUT2D eigenvalue weighted by atomic mass is 9.32. The fraction of sp³-hybridized carbons (Fsp3) is 0.886. The SMILES string of the molecule is C=C(C)[C@@H]1CC[C@]2(O)CC[C@]3(C)C(CCC4[C@@]5(C)CC[C@H](C(=O)CC(C)(C)C(=O)O)C(C)(C)C5CC[C@]43C)C12. The highest BCUT2D eigenvalue weighted by Gasteiger charge is 2.71. The van der Waals surface area contributed by atoms with Crippen LogP contribution in [0.4, 0.5) is 0 Å². The van der Waals surface area contributed by atoms with Crippen LogP contribution in [0, 0.1) is 62.6 Å². The largest absolute Gasteiger partial charge is 0.481 e. The van der Waals surface area contributed by atoms with Crippen molar-refractivity contribution in [3.8, 4) is 0 Å². The number of allylic oxidation sites excluding steroid dienone is 1. The van der Waals surface area contributed by atoms with Gasteiger partial charge >= 0.3 is 5.97 Å². The minimum Gasteiger partial charge on any atom is -0.481 e. The summed E-state index contributed by atoms with van der Waals surface area (Å²) in [5, 5.41) is 21.5. The second-order valence-electron chi connectivity index (χ2n) is 17.0. The number of carbonyl (C=O) groups excluding carboxylic acids is 1. The van der Waals surface area contributed by atoms with Gasteiger partial charge in [-0.15, -0.1) is 0 Å². The Morgan fingerprint density at radius 3 is 2.13 bits per heavy atom. The van der Waals surface area contributed by atoms with E-state index in [2.05, 4.69) is 48.1 Å². The van der Waals surface area contributed by atoms with Crippen LogP contribution in [-0.2, 0) is 9.59 Å². The van der Waals surface area contributed by atoms with Gasteiger partial charge in [0.05, 0.1) is 11.0 Å². The molecule has 5 fully saturated rings. The molecule has 0 heterocycles. The smallest absolute Gasteiger partial charge is 0.309 e. The molecule has 4 nitrogen and oxygen atoms in total. The lowest BCUT2D eigenvalue weighted by Gasteiger charge is -2.72. The molecule has 4 unspecified atom stereocenters. The van der Waals surface area contributed by atoms with Gasteiger partial charge in [0, 0.05) is 12.3 Å². The van der Waals surface area contributed by atoms with Gasteiger partial charge in [-0.2, -0.15) is 0 Å². The van der Waals surface area contributed by atoms with Crippen LogP contribution < -0.4 is 0 Å². The Kier molecular flexibility index (Phi) is 6.71. The Hall–Kier alpha value is -1.16. The third kappa shape index (κ3) is 3.92. The predicted octanol–water partition coefficient (Wildman–Crippen LogP) is 8.07. The third-order valence-electron chi connectivity index (χ3n) is 14.6. The maximum absolute atomic E-state index is 13.6. The van der Waals surface area contributed by atoms with Gasteiger partial charge < -0.3 is 10.2 Å². The Morgan fingerprint density at radius 1 is 0.846 bits per heavy atom. The summed E-state index contributed by atoms with van der Waals surface area (Å²) in [4.78, 5) is 25.4. The van der Waals surface area contributed by atoms with Crippen LogP contribution in [0.25, 0.3) is 0 Å². The number of aliphatic hydroxyl groups is 1. The van der Waals surface area contributed by atoms with E-state index in [0.29, 0.717) is 29.6 Å². The highest BCUT2D eigenvalue weighted by atomic mass is 16.4. The van der Waals surface area contributed by atoms with E-state index < -0.39 is 17.0 Å². The molecule has 0 aliphatic heterocycles. The molecule has 39 heavy (non-hydrogen) atoms. The number of carboxylic acids is 1. The van der Waals surface area contributed by atoms with Gasteiger partial charge in [0.25, 0.3) is 0 Å². The van der Waals surface area contributed by atoms with E-state index in [9.17, 15) is 19.8 Å². The van der Waals surface area contributed by atoms with E-state index in [4.69, 9.17) is 0 Å². The number of Topliss-reactive ketones (excluding diaryl/α,β-unsaturated/α-hetero) is 1. The molecule has 0 bridgehead atoms. The van der Waals surface area contributed by atoms with Crippen molar-refractivity contribution in [2.45, 2.75) is 132 Å². The molecule has 4 heteroatoms. The maximum atomic E-state index is 13.6. The average molecular weight is 541 g/mol. The first-order chi connectivity index (χ1) is 17.9. The van der Waals surface area contributed by atoms with E-state index in [1.165, 1.54) is 24.8 Å². The van der Waals surface area contributed by atoms with Crippen LogP contribution in [0.3, 0.4) is 0 Å². The standard InChI is InChI=1S/C35H56O4/c1-21(2)22-12-17-35(39)19-18-33(8)24(28(22)35)10-11-27-32(7)15-13-23(25(36)20-30(3,4)29(37)38)31(5,6)26(32)14-16-34(27,33)9/h22-24,26-28,39H,1,10-20H2,2-9H3,(H,37,38)/t22-,23+,24?,26?,27?,28?,32-,33+,34+,35-/m0/s1. The van der Waals surface area contributed by atoms with Crippen LogP contribution in [0.2, 0.25) is 0 Å². The third-order valence-corrected chi connectivity index (χ3v) is 14.6. The topological polar surface area (TPSA) is 74.6 Å². The Labute approximate surface area is 237 Å². The number of hydrogen-bond donors (Lipinski definition) is 2. The maximum Gasteiger partial charge on any atom is 0.309 e. The molecular formula is C35H56O4. The number of aliphatic carboxylic acids is 1. The number of rotatable bonds is 5. The lowest BCUT2D eigenvalue weighted by Crippen LogP contribution is -2.67. The van der Waals surface area contributed by atoms with Gasteiger partial charge in [-0.25, -0.2) is 0 Å². The van der Waals surface area contributed by atoms with Gasteiger partial charge in [0.1, 0.15) is 5.78 Å². The van der Waals surface area contributed by atoms with Gasteiger partial charge in [-0.3, -0.25) is 9.59 Å². The van der Waals surface area contributed by atoms with Crippen molar-refractivity contribution in [2.75, 3.05) is 0 Å². The average Bonchev–Trinajstić information content (AvgIpc) is 3.16. The monoisotopic (exact) mass is 540 g/mol. The number of hydrogen-bond acceptors (Lipinski definition) is 3. The normalized spacial score (nSPS) is 48.7. The molecule has 2 N–H and O–H groups in total. The summed E-state index contributed by atoms with van der Waals surface area (Å²) in [5.41, 5.74) is 0.212. The van der Waals surface area contributed by atoms with Gasteiger partial charge in [0.15, 0.2) is 0 Å². The minimum absolute atomic E-state index is 0.0648. The molecule has 220 valence electrons. The van der Waals surface area contributed by atoms with Crippen LogP contribution in [0.5, 0.6) is 0 Å². The van der Waals surface area contributed by atoms with E-state index >= 15 is 0 Å². The summed E-state index contributed by atoms with van der Waals surface area (Å²) in [6, 6.07) is 0. The zero-order chi connectivity index (χ0) is 29.0. The Balaban J connectivity index is 1.45. The molecule has 0 amide bonds. The van der Waals surface area contributed by atoms with Crippen LogP contribution in [0.1, 0.15) is 126 Å². The molecule has 10 atom stereocenters. The lowest BCUT2D eigenvalue weighted by molar-refractivity contribution is -0.249. The van der Waals surface area contributed by atoms with Gasteiger partial charge in [-0.05, 0) is 136 Å². The Morgan fingerprint density at radius 2 is 1.51 bits per heavy atom. The summed E-state index contributed by atoms with van der Waals surface area (Å²) >= 11 is 0. The molecule has 5 saturated carbocycles. The molecule has 0 spiro atoms. The zero-order valence-electron chi connectivity index (χ0n) is 26.2. The van der Waals surface area contributed by atoms with Crippen molar-refractivity contribution in [3.63, 3.8) is 0 Å². The molecule has 5 rings (SSSR count). The highest BCUT2D eigenvalue weighted by Crippen LogP contribution is 2.76. The number of carbonyl (C=O) groups is 2. The summed E-state index contributed by atoms with van der Waals surface area (Å²) < 4.78 is 0. The molecule has 0 radical (unpaired) electrons. The second kappa shape index (κ2) is 8.92. The molecule has 0 saturated heterocycles. The fourth-order valence-corrected chi connectivity index (χ4v) is 12.3. The first-order valence-corrected chi connectivity index (χ1v) is 16.0. The first-order valence-electron chi connectivity index (χ1n) is 16.0. The van der Waals surface area contributed by atoms with Gasteiger partial charge in [0.2, 0.25) is 0 Å². The highest BCUT2D eigenvalue weighted by molar-refractivity contribution is 5.87. The molecule has 5 aliphatic carbocycles. The molecule has 5 aliphatic rings. The summed E-state index contributed by atoms with van der Waals surface area (Å²) in [6.07, 6.45) is 10.9. The van der Waals surface area contributed by atoms with E-state index in [1.807, 2.05) is 0 Å². The second-order valence-corrected chi connectivity index (χ2v) is 17.0. The number of ketones is 1. The summed E-state index contributed by atoms with van der Waals surface area (Å²) in [6.45, 7) is 22.3. The van der Waals surface area contributed by atoms with Crippen molar-refractivity contribution in [3.05, 3.63) is 12.2 Å². The molecular weight excluding hydrogens is 484 g/mol. The van der Waals surface area contributed by atoms with Crippen LogP contribution in [0.15, 0.2) is 12.2 Å². The molecule has 0 aromatic carbocycles. The zero-order valence-corrected chi connectivity index (χ0v) is 26.2. The van der Waals surface area contributed by atoms with Crippen molar-refractivity contribution in [1.82, 2.24) is 0 Å². The van der Waals surface area contributed by atoms with Crippen LogP contribution in [-0.4, -0.2) is 27.6 Å². The van der Waals surface area contributed by atoms with E-state index in [0.717, 1.165) is 44.9 Å². The number of carboxylic acid groups (broad SMARTS) is 1. The predicted molar refractivity (Wildman–Crippen MR) is 156 cm³/mol. The fourth-order valence-electron chi connectivity index (χ4n) is 12.3. The summed E-state index contributed by atoms with van der Waals surface area (Å²) in [7, 11) is 0. The van der Waals surface area contributed by atoms with Crippen molar-refractivity contribution in [2.24, 2.45) is 62.6 Å². The van der Waals surface area contributed by atoms with Gasteiger partial charge in [-0.1, -0.05) is 46.8 Å². The summed E-state index contributed by atoms with van der Waals surface area (Å²) in [5.74, 6) is 1.62. The number of fused-ring (bicyclic) bond motifs is 7. The Bertz CT molecular complexity index is 1060.